The molecule has 0 aliphatic carbocycles. The van der Waals surface area contributed by atoms with Crippen molar-refractivity contribution in [2.24, 2.45) is 5.73 Å². The van der Waals surface area contributed by atoms with Gasteiger partial charge in [0.1, 0.15) is 16.9 Å². The van der Waals surface area contributed by atoms with Crippen LogP contribution < -0.4 is 21.7 Å². The van der Waals surface area contributed by atoms with Crippen LogP contribution in [0.15, 0.2) is 48.5 Å². The molecule has 0 fully saturated rings. The number of aryl methyl sites for hydroxylation is 7. The van der Waals surface area contributed by atoms with Crippen molar-refractivity contribution in [1.82, 2.24) is 38.7 Å². The zero-order valence-electron chi connectivity index (χ0n) is 29.3. The number of para-hydroxylation sites is 1. The van der Waals surface area contributed by atoms with Crippen molar-refractivity contribution in [3.8, 4) is 0 Å². The van der Waals surface area contributed by atoms with E-state index in [0.29, 0.717) is 49.5 Å². The fourth-order valence-corrected chi connectivity index (χ4v) is 6.04. The predicted octanol–water partition coefficient (Wildman–Crippen LogP) is 4.87. The van der Waals surface area contributed by atoms with E-state index < -0.39 is 0 Å². The summed E-state index contributed by atoms with van der Waals surface area (Å²) in [5.74, 6) is 0.481. The lowest BCUT2D eigenvalue weighted by molar-refractivity contribution is -0.106. The van der Waals surface area contributed by atoms with Gasteiger partial charge in [0.2, 0.25) is 18.3 Å². The van der Waals surface area contributed by atoms with Crippen LogP contribution in [0.5, 0.6) is 0 Å². The van der Waals surface area contributed by atoms with Crippen LogP contribution in [0.1, 0.15) is 64.6 Å². The van der Waals surface area contributed by atoms with Crippen molar-refractivity contribution >= 4 is 57.9 Å². The Labute approximate surface area is 289 Å². The van der Waals surface area contributed by atoms with Crippen molar-refractivity contribution in [1.29, 1.82) is 0 Å². The highest BCUT2D eigenvalue weighted by Crippen LogP contribution is 2.28. The molecule has 6 aromatic rings. The largest absolute Gasteiger partial charge is 0.386 e. The minimum absolute atomic E-state index is 0.244. The molecule has 0 saturated heterocycles. The molecule has 15 nitrogen and oxygen atoms in total. The Morgan fingerprint density at radius 3 is 1.86 bits per heavy atom. The first kappa shape index (κ1) is 35.3. The van der Waals surface area contributed by atoms with Gasteiger partial charge >= 0.3 is 0 Å². The molecule has 0 atom stereocenters. The van der Waals surface area contributed by atoms with Gasteiger partial charge in [-0.15, -0.1) is 0 Å². The molecule has 0 bridgehead atoms. The van der Waals surface area contributed by atoms with Crippen molar-refractivity contribution < 1.29 is 14.4 Å². The molecule has 5 N–H and O–H groups in total. The topological polar surface area (TPSA) is 185 Å². The summed E-state index contributed by atoms with van der Waals surface area (Å²) in [4.78, 5) is 45.0. The van der Waals surface area contributed by atoms with E-state index in [-0.39, 0.29) is 18.2 Å². The van der Waals surface area contributed by atoms with Gasteiger partial charge in [-0.3, -0.25) is 34.4 Å². The minimum atomic E-state index is -0.254. The second-order valence-corrected chi connectivity index (χ2v) is 11.8. The van der Waals surface area contributed by atoms with Crippen LogP contribution in [0.25, 0.3) is 22.1 Å². The zero-order chi connectivity index (χ0) is 35.9. The highest BCUT2D eigenvalue weighted by molar-refractivity contribution is 6.04. The Balaban J connectivity index is 0.00000156. The second-order valence-electron chi connectivity index (χ2n) is 11.8. The molecule has 2 aromatic carbocycles. The van der Waals surface area contributed by atoms with Gasteiger partial charge in [-0.25, -0.2) is 9.97 Å². The van der Waals surface area contributed by atoms with Crippen LogP contribution in [0.3, 0.4) is 0 Å². The number of carbonyl (C=O) groups is 3. The fraction of sp³-hybridized carbons (Fsp3) is 0.343. The Bertz CT molecular complexity index is 2150. The number of primary amides is 1. The number of anilines is 3. The Morgan fingerprint density at radius 1 is 0.780 bits per heavy atom. The summed E-state index contributed by atoms with van der Waals surface area (Å²) in [6.45, 7) is 12.1. The van der Waals surface area contributed by atoms with E-state index in [1.807, 2.05) is 72.0 Å². The predicted molar refractivity (Wildman–Crippen MR) is 194 cm³/mol. The molecule has 0 aliphatic heterocycles. The number of nitrogens with zero attached hydrogens (tertiary/aromatic N) is 8. The third kappa shape index (κ3) is 7.36. The molecule has 4 aromatic heterocycles. The summed E-state index contributed by atoms with van der Waals surface area (Å²) >= 11 is 0. The van der Waals surface area contributed by atoms with Crippen molar-refractivity contribution in [2.45, 2.75) is 73.6 Å². The van der Waals surface area contributed by atoms with Gasteiger partial charge in [-0.2, -0.15) is 10.2 Å². The summed E-state index contributed by atoms with van der Waals surface area (Å²) < 4.78 is 7.51. The van der Waals surface area contributed by atoms with Crippen molar-refractivity contribution in [3.05, 3.63) is 76.9 Å². The molecule has 0 spiro atoms. The smallest absolute Gasteiger partial charge is 0.276 e. The molecule has 0 aliphatic rings. The number of nitrogens with one attached hydrogen (secondary N) is 3. The standard InChI is InChI=1S/C34H41N11O2.CH3NO/c1-7-44-28(19-22(4)40-44)31(46)38-33-36-25-18-21(3)14-15-26(25)42(33)16-9-10-17-43-27-13-11-12-24(35-6)30(27)37-34(43)39-32(47)29-20-23(5)41-45(29)8-2;2-1-3/h11-15,18-20,35H,7-10,16-17H2,1-6H3,(H,36,38,46)(H,37,39,47);1H,(H2,2,3). The molecule has 3 amide bonds. The Kier molecular flexibility index (Phi) is 10.9. The zero-order valence-corrected chi connectivity index (χ0v) is 29.3. The van der Waals surface area contributed by atoms with E-state index in [9.17, 15) is 9.59 Å². The number of rotatable bonds is 12. The van der Waals surface area contributed by atoms with E-state index >= 15 is 0 Å². The number of imidazole rings is 2. The monoisotopic (exact) mass is 680 g/mol. The van der Waals surface area contributed by atoms with E-state index in [1.165, 1.54) is 0 Å². The van der Waals surface area contributed by atoms with E-state index in [1.54, 1.807) is 21.5 Å². The molecular formula is C35H44N12O3. The third-order valence-corrected chi connectivity index (χ3v) is 8.28. The van der Waals surface area contributed by atoms with Gasteiger partial charge in [0.15, 0.2) is 0 Å². The van der Waals surface area contributed by atoms with Gasteiger partial charge in [-0.1, -0.05) is 12.1 Å². The fourth-order valence-electron chi connectivity index (χ4n) is 6.04. The van der Waals surface area contributed by atoms with Gasteiger partial charge in [0.05, 0.1) is 33.6 Å². The molecular weight excluding hydrogens is 636 g/mol. The van der Waals surface area contributed by atoms with Crippen LogP contribution in [-0.2, 0) is 31.0 Å². The van der Waals surface area contributed by atoms with Crippen LogP contribution in [0.4, 0.5) is 17.6 Å². The number of aromatic nitrogens is 8. The normalized spacial score (nSPS) is 11.0. The van der Waals surface area contributed by atoms with Crippen LogP contribution in [0, 0.1) is 20.8 Å². The molecule has 262 valence electrons. The van der Waals surface area contributed by atoms with Gasteiger partial charge in [0, 0.05) is 33.2 Å². The molecule has 0 radical (unpaired) electrons. The Hall–Kier alpha value is -5.99. The van der Waals surface area contributed by atoms with Crippen molar-refractivity contribution in [2.75, 3.05) is 23.0 Å². The second kappa shape index (κ2) is 15.5. The molecule has 0 unspecified atom stereocenters. The molecule has 0 saturated carbocycles. The highest BCUT2D eigenvalue weighted by Gasteiger charge is 2.21. The van der Waals surface area contributed by atoms with E-state index in [4.69, 9.17) is 14.8 Å². The lowest BCUT2D eigenvalue weighted by atomic mass is 10.2. The van der Waals surface area contributed by atoms with Crippen LogP contribution >= 0.6 is 0 Å². The lowest BCUT2D eigenvalue weighted by Gasteiger charge is -2.13. The van der Waals surface area contributed by atoms with Gasteiger partial charge < -0.3 is 20.2 Å². The quantitative estimate of drug-likeness (QED) is 0.104. The molecule has 15 heteroatoms. The average Bonchev–Trinajstić information content (AvgIpc) is 3.85. The Morgan fingerprint density at radius 2 is 1.32 bits per heavy atom. The molecule has 50 heavy (non-hydrogen) atoms. The first-order valence-electron chi connectivity index (χ1n) is 16.6. The van der Waals surface area contributed by atoms with Crippen LogP contribution in [-0.4, -0.2) is 63.9 Å². The molecule has 4 heterocycles. The maximum Gasteiger partial charge on any atom is 0.276 e. The number of benzene rings is 2. The lowest BCUT2D eigenvalue weighted by Crippen LogP contribution is -2.20. The number of carbonyl (C=O) groups excluding carboxylic acids is 3. The summed E-state index contributed by atoms with van der Waals surface area (Å²) in [5.41, 5.74) is 12.2. The van der Waals surface area contributed by atoms with Gasteiger partial charge in [0.25, 0.3) is 11.8 Å². The van der Waals surface area contributed by atoms with Crippen LogP contribution in [0.2, 0.25) is 0 Å². The minimum Gasteiger partial charge on any atom is -0.386 e. The summed E-state index contributed by atoms with van der Waals surface area (Å²) in [7, 11) is 1.86. The number of hydrogen-bond acceptors (Lipinski definition) is 8. The summed E-state index contributed by atoms with van der Waals surface area (Å²) in [5, 5.41) is 18.2. The summed E-state index contributed by atoms with van der Waals surface area (Å²) in [6.07, 6.45) is 1.82. The number of hydrogen-bond donors (Lipinski definition) is 4. The average molecular weight is 681 g/mol. The number of amides is 3. The summed E-state index contributed by atoms with van der Waals surface area (Å²) in [6, 6.07) is 15.7. The van der Waals surface area contributed by atoms with E-state index in [2.05, 4.69) is 47.1 Å². The van der Waals surface area contributed by atoms with Crippen molar-refractivity contribution in [3.63, 3.8) is 0 Å². The third-order valence-electron chi connectivity index (χ3n) is 8.28. The van der Waals surface area contributed by atoms with E-state index in [0.717, 1.165) is 57.5 Å². The first-order chi connectivity index (χ1) is 24.1. The number of nitrogens with two attached hydrogens (primary N) is 1. The number of unbranched alkanes of at least 4 members (excludes halogenated alkanes) is 1. The SMILES string of the molecule is CCn1nc(C)cc1C(=O)Nc1nc2cc(C)ccc2n1CCCCn1c(NC(=O)c2cc(C)nn2CC)nc2c(NC)cccc21.NC=O. The maximum absolute atomic E-state index is 13.4. The maximum atomic E-state index is 13.4. The van der Waals surface area contributed by atoms with Gasteiger partial charge in [-0.05, 0) is 89.4 Å². The highest BCUT2D eigenvalue weighted by atomic mass is 16.2. The number of fused-ring (bicyclic) bond motifs is 2. The first-order valence-corrected chi connectivity index (χ1v) is 16.6. The molecule has 6 rings (SSSR count).